The summed E-state index contributed by atoms with van der Waals surface area (Å²) in [5.74, 6) is 0.0408. The second kappa shape index (κ2) is 6.64. The SMILES string of the molecule is CCn1c(O)c(N=NC(=O)c2ccc(O)cc2)c2cc(OC)ccc21. The summed E-state index contributed by atoms with van der Waals surface area (Å²) in [5, 5.41) is 28.0. The summed E-state index contributed by atoms with van der Waals surface area (Å²) in [7, 11) is 1.55. The van der Waals surface area contributed by atoms with E-state index in [4.69, 9.17) is 4.74 Å². The van der Waals surface area contributed by atoms with Gasteiger partial charge in [-0.2, -0.15) is 0 Å². The van der Waals surface area contributed by atoms with Crippen LogP contribution in [0.5, 0.6) is 17.4 Å². The van der Waals surface area contributed by atoms with Gasteiger partial charge in [0, 0.05) is 17.5 Å². The topological polar surface area (TPSA) is 96.4 Å². The highest BCUT2D eigenvalue weighted by atomic mass is 16.5. The second-order valence-electron chi connectivity index (χ2n) is 5.35. The van der Waals surface area contributed by atoms with E-state index >= 15 is 0 Å². The third kappa shape index (κ3) is 3.03. The van der Waals surface area contributed by atoms with Crippen LogP contribution < -0.4 is 4.74 Å². The molecule has 0 fully saturated rings. The average molecular weight is 339 g/mol. The molecular formula is C18H17N3O4. The molecule has 0 spiro atoms. The van der Waals surface area contributed by atoms with E-state index < -0.39 is 5.91 Å². The van der Waals surface area contributed by atoms with Gasteiger partial charge in [-0.25, -0.2) is 0 Å². The lowest BCUT2D eigenvalue weighted by Crippen LogP contribution is -1.92. The normalized spacial score (nSPS) is 11.3. The molecular weight excluding hydrogens is 322 g/mol. The van der Waals surface area contributed by atoms with Crippen molar-refractivity contribution in [2.24, 2.45) is 10.2 Å². The smallest absolute Gasteiger partial charge is 0.295 e. The summed E-state index contributed by atoms with van der Waals surface area (Å²) in [6.07, 6.45) is 0. The number of azo groups is 1. The van der Waals surface area contributed by atoms with Crippen molar-refractivity contribution in [3.05, 3.63) is 48.0 Å². The van der Waals surface area contributed by atoms with Gasteiger partial charge in [-0.1, -0.05) is 0 Å². The van der Waals surface area contributed by atoms with Crippen LogP contribution >= 0.6 is 0 Å². The van der Waals surface area contributed by atoms with Crippen molar-refractivity contribution in [2.75, 3.05) is 7.11 Å². The molecule has 0 bridgehead atoms. The summed E-state index contributed by atoms with van der Waals surface area (Å²) < 4.78 is 6.89. The van der Waals surface area contributed by atoms with Crippen molar-refractivity contribution in [3.8, 4) is 17.4 Å². The quantitative estimate of drug-likeness (QED) is 0.702. The fourth-order valence-electron chi connectivity index (χ4n) is 2.61. The first-order valence-corrected chi connectivity index (χ1v) is 7.69. The van der Waals surface area contributed by atoms with Gasteiger partial charge in [0.05, 0.1) is 12.6 Å². The Hall–Kier alpha value is -3.35. The monoisotopic (exact) mass is 339 g/mol. The first-order chi connectivity index (χ1) is 12.0. The number of nitrogens with zero attached hydrogens (tertiary/aromatic N) is 3. The van der Waals surface area contributed by atoms with Gasteiger partial charge >= 0.3 is 0 Å². The number of aryl methyl sites for hydroxylation is 1. The molecule has 1 aromatic heterocycles. The maximum Gasteiger partial charge on any atom is 0.295 e. The number of fused-ring (bicyclic) bond motifs is 1. The minimum absolute atomic E-state index is 0.0595. The predicted molar refractivity (Wildman–Crippen MR) is 92.8 cm³/mol. The van der Waals surface area contributed by atoms with Crippen LogP contribution in [0.2, 0.25) is 0 Å². The number of amides is 1. The molecule has 0 aliphatic carbocycles. The van der Waals surface area contributed by atoms with E-state index in [0.29, 0.717) is 17.7 Å². The van der Waals surface area contributed by atoms with Crippen LogP contribution in [-0.4, -0.2) is 27.8 Å². The Morgan fingerprint density at radius 3 is 2.52 bits per heavy atom. The highest BCUT2D eigenvalue weighted by Crippen LogP contribution is 2.40. The number of benzene rings is 2. The molecule has 2 aromatic carbocycles. The van der Waals surface area contributed by atoms with E-state index in [1.165, 1.54) is 24.3 Å². The number of ether oxygens (including phenoxy) is 1. The Kier molecular flexibility index (Phi) is 4.38. The van der Waals surface area contributed by atoms with Gasteiger partial charge in [0.2, 0.25) is 5.88 Å². The van der Waals surface area contributed by atoms with Crippen molar-refractivity contribution < 1.29 is 19.7 Å². The summed E-state index contributed by atoms with van der Waals surface area (Å²) in [6.45, 7) is 2.43. The maximum atomic E-state index is 12.1. The number of aromatic hydroxyl groups is 2. The zero-order chi connectivity index (χ0) is 18.0. The van der Waals surface area contributed by atoms with Crippen LogP contribution in [0.1, 0.15) is 17.3 Å². The zero-order valence-corrected chi connectivity index (χ0v) is 13.8. The number of aromatic nitrogens is 1. The number of methoxy groups -OCH3 is 1. The lowest BCUT2D eigenvalue weighted by molar-refractivity contribution is 0.0995. The molecule has 25 heavy (non-hydrogen) atoms. The van der Waals surface area contributed by atoms with Gasteiger partial charge in [-0.15, -0.1) is 10.2 Å². The predicted octanol–water partition coefficient (Wildman–Crippen LogP) is 4.01. The molecule has 0 radical (unpaired) electrons. The van der Waals surface area contributed by atoms with Crippen molar-refractivity contribution in [1.82, 2.24) is 4.57 Å². The molecule has 3 aromatic rings. The van der Waals surface area contributed by atoms with E-state index in [-0.39, 0.29) is 22.9 Å². The lowest BCUT2D eigenvalue weighted by atomic mass is 10.2. The van der Waals surface area contributed by atoms with Gasteiger partial charge in [0.25, 0.3) is 5.91 Å². The summed E-state index contributed by atoms with van der Waals surface area (Å²) in [6, 6.07) is 11.0. The van der Waals surface area contributed by atoms with Crippen molar-refractivity contribution in [3.63, 3.8) is 0 Å². The van der Waals surface area contributed by atoms with Crippen LogP contribution in [0, 0.1) is 0 Å². The highest BCUT2D eigenvalue weighted by Gasteiger charge is 2.17. The van der Waals surface area contributed by atoms with Crippen LogP contribution in [0.15, 0.2) is 52.7 Å². The highest BCUT2D eigenvalue weighted by molar-refractivity contribution is 5.98. The fourth-order valence-corrected chi connectivity index (χ4v) is 2.61. The molecule has 1 amide bonds. The summed E-state index contributed by atoms with van der Waals surface area (Å²) in [5.41, 5.74) is 1.27. The molecule has 0 aliphatic heterocycles. The lowest BCUT2D eigenvalue weighted by Gasteiger charge is -2.02. The molecule has 0 saturated carbocycles. The Balaban J connectivity index is 2.03. The minimum atomic E-state index is -0.570. The van der Waals surface area contributed by atoms with Crippen molar-refractivity contribution >= 4 is 22.5 Å². The van der Waals surface area contributed by atoms with Crippen LogP contribution in [0.4, 0.5) is 5.69 Å². The Labute approximate surface area is 143 Å². The van der Waals surface area contributed by atoms with E-state index in [1.54, 1.807) is 23.8 Å². The first kappa shape index (κ1) is 16.5. The number of hydrogen-bond acceptors (Lipinski definition) is 5. The van der Waals surface area contributed by atoms with E-state index in [9.17, 15) is 15.0 Å². The van der Waals surface area contributed by atoms with E-state index in [1.807, 2.05) is 13.0 Å². The molecule has 0 unspecified atom stereocenters. The average Bonchev–Trinajstić information content (AvgIpc) is 2.90. The first-order valence-electron chi connectivity index (χ1n) is 7.69. The Morgan fingerprint density at radius 2 is 1.88 bits per heavy atom. The van der Waals surface area contributed by atoms with Crippen LogP contribution in [-0.2, 0) is 6.54 Å². The van der Waals surface area contributed by atoms with Gasteiger partial charge in [-0.05, 0) is 49.4 Å². The molecule has 0 atom stereocenters. The van der Waals surface area contributed by atoms with Gasteiger partial charge in [0.15, 0.2) is 5.69 Å². The molecule has 3 rings (SSSR count). The second-order valence-corrected chi connectivity index (χ2v) is 5.35. The summed E-state index contributed by atoms with van der Waals surface area (Å²) >= 11 is 0. The van der Waals surface area contributed by atoms with Crippen molar-refractivity contribution in [1.29, 1.82) is 0 Å². The van der Waals surface area contributed by atoms with Crippen molar-refractivity contribution in [2.45, 2.75) is 13.5 Å². The molecule has 0 aliphatic rings. The standard InChI is InChI=1S/C18H17N3O4/c1-3-21-15-9-8-13(25-2)10-14(15)16(18(21)24)19-20-17(23)11-4-6-12(22)7-5-11/h4-10,22,24H,3H2,1-2H3. The third-order valence-corrected chi connectivity index (χ3v) is 3.89. The number of carbonyl (C=O) groups is 1. The van der Waals surface area contributed by atoms with Crippen LogP contribution in [0.25, 0.3) is 10.9 Å². The van der Waals surface area contributed by atoms with Gasteiger partial charge in [0.1, 0.15) is 11.5 Å². The molecule has 7 nitrogen and oxygen atoms in total. The minimum Gasteiger partial charge on any atom is -0.508 e. The van der Waals surface area contributed by atoms with Gasteiger partial charge < -0.3 is 19.5 Å². The number of phenolic OH excluding ortho intramolecular Hbond substituents is 1. The summed E-state index contributed by atoms with van der Waals surface area (Å²) in [4.78, 5) is 12.1. The number of phenols is 1. The van der Waals surface area contributed by atoms with E-state index in [2.05, 4.69) is 10.2 Å². The maximum absolute atomic E-state index is 12.1. The zero-order valence-electron chi connectivity index (χ0n) is 13.8. The molecule has 0 saturated heterocycles. The molecule has 1 heterocycles. The van der Waals surface area contributed by atoms with Gasteiger partial charge in [-0.3, -0.25) is 4.79 Å². The molecule has 2 N–H and O–H groups in total. The van der Waals surface area contributed by atoms with Crippen LogP contribution in [0.3, 0.4) is 0 Å². The Morgan fingerprint density at radius 1 is 1.16 bits per heavy atom. The largest absolute Gasteiger partial charge is 0.508 e. The molecule has 128 valence electrons. The Bertz CT molecular complexity index is 959. The molecule has 7 heteroatoms. The number of carbonyl (C=O) groups excluding carboxylic acids is 1. The number of hydrogen-bond donors (Lipinski definition) is 2. The van der Waals surface area contributed by atoms with E-state index in [0.717, 1.165) is 5.52 Å². The fraction of sp³-hybridized carbons (Fsp3) is 0.167. The number of rotatable bonds is 4. The third-order valence-electron chi connectivity index (χ3n) is 3.89.